The Morgan fingerprint density at radius 3 is 2.48 bits per heavy atom. The largest absolute Gasteiger partial charge is 0.369 e. The Morgan fingerprint density at radius 1 is 1.04 bits per heavy atom. The molecular formula is C19H19N5O3. The molecule has 1 saturated heterocycles. The highest BCUT2D eigenvalue weighted by molar-refractivity contribution is 6.04. The maximum Gasteiger partial charge on any atom is 0.273 e. The molecule has 2 aliphatic heterocycles. The van der Waals surface area contributed by atoms with Crippen LogP contribution in [0.5, 0.6) is 0 Å². The van der Waals surface area contributed by atoms with Crippen LogP contribution in [0.2, 0.25) is 0 Å². The van der Waals surface area contributed by atoms with Crippen LogP contribution in [0, 0.1) is 0 Å². The summed E-state index contributed by atoms with van der Waals surface area (Å²) in [6, 6.07) is 9.09. The summed E-state index contributed by atoms with van der Waals surface area (Å²) in [7, 11) is 0. The molecule has 2 aromatic rings. The van der Waals surface area contributed by atoms with Crippen molar-refractivity contribution >= 4 is 23.5 Å². The Bertz CT molecular complexity index is 909. The number of nitrogens with zero attached hydrogens (tertiary/aromatic N) is 4. The number of rotatable bonds is 4. The van der Waals surface area contributed by atoms with Crippen molar-refractivity contribution in [3.63, 3.8) is 0 Å². The van der Waals surface area contributed by atoms with Crippen LogP contribution in [-0.2, 0) is 16.1 Å². The van der Waals surface area contributed by atoms with Gasteiger partial charge < -0.3 is 5.32 Å². The van der Waals surface area contributed by atoms with Gasteiger partial charge in [0.25, 0.3) is 5.91 Å². The van der Waals surface area contributed by atoms with Gasteiger partial charge in [-0.3, -0.25) is 14.4 Å². The van der Waals surface area contributed by atoms with Gasteiger partial charge in [-0.05, 0) is 43.2 Å². The maximum atomic E-state index is 12.7. The van der Waals surface area contributed by atoms with Crippen LogP contribution in [0.25, 0.3) is 11.3 Å². The fourth-order valence-corrected chi connectivity index (χ4v) is 3.40. The predicted octanol–water partition coefficient (Wildman–Crippen LogP) is 1.99. The van der Waals surface area contributed by atoms with Gasteiger partial charge in [0.2, 0.25) is 11.8 Å². The lowest BCUT2D eigenvalue weighted by Crippen LogP contribution is -2.51. The van der Waals surface area contributed by atoms with Crippen LogP contribution < -0.4 is 5.32 Å². The monoisotopic (exact) mass is 365 g/mol. The van der Waals surface area contributed by atoms with E-state index in [0.717, 1.165) is 22.7 Å². The van der Waals surface area contributed by atoms with Gasteiger partial charge in [-0.2, -0.15) is 5.01 Å². The fourth-order valence-electron chi connectivity index (χ4n) is 3.40. The topological polar surface area (TPSA) is 95.5 Å². The first-order valence-corrected chi connectivity index (χ1v) is 8.97. The molecule has 1 aromatic heterocycles. The van der Waals surface area contributed by atoms with Crippen molar-refractivity contribution in [1.82, 2.24) is 20.2 Å². The van der Waals surface area contributed by atoms with Crippen molar-refractivity contribution < 1.29 is 14.4 Å². The van der Waals surface area contributed by atoms with E-state index < -0.39 is 0 Å². The zero-order valence-corrected chi connectivity index (χ0v) is 14.9. The zero-order chi connectivity index (χ0) is 19.0. The molecule has 0 radical (unpaired) electrons. The summed E-state index contributed by atoms with van der Waals surface area (Å²) in [5, 5.41) is 13.7. The molecule has 0 atom stereocenters. The number of piperidine rings is 1. The number of benzene rings is 1. The van der Waals surface area contributed by atoms with Crippen LogP contribution in [0.4, 0.5) is 5.82 Å². The van der Waals surface area contributed by atoms with E-state index in [4.69, 9.17) is 0 Å². The van der Waals surface area contributed by atoms with E-state index >= 15 is 0 Å². The lowest BCUT2D eigenvalue weighted by Gasteiger charge is -2.32. The van der Waals surface area contributed by atoms with Crippen LogP contribution in [0.3, 0.4) is 0 Å². The summed E-state index contributed by atoms with van der Waals surface area (Å²) < 4.78 is 0. The average molecular weight is 365 g/mol. The lowest BCUT2D eigenvalue weighted by atomic mass is 10.0. The van der Waals surface area contributed by atoms with Crippen LogP contribution in [-0.4, -0.2) is 44.5 Å². The first-order chi connectivity index (χ1) is 13.1. The molecule has 1 N–H and O–H groups in total. The number of imide groups is 1. The molecule has 2 aliphatic rings. The van der Waals surface area contributed by atoms with Gasteiger partial charge in [-0.25, -0.2) is 5.01 Å². The third-order valence-corrected chi connectivity index (χ3v) is 4.70. The number of anilines is 1. The number of carbonyl (C=O) groups excluding carboxylic acids is 3. The van der Waals surface area contributed by atoms with Gasteiger partial charge in [-0.15, -0.1) is 10.2 Å². The molecule has 1 fully saturated rings. The third-order valence-electron chi connectivity index (χ3n) is 4.70. The number of hydrazine groups is 1. The molecule has 0 saturated carbocycles. The molecule has 0 bridgehead atoms. The molecule has 3 heterocycles. The molecule has 4 rings (SSSR count). The Hall–Kier alpha value is -3.29. The van der Waals surface area contributed by atoms with E-state index in [9.17, 15) is 14.4 Å². The molecule has 3 amide bonds. The van der Waals surface area contributed by atoms with E-state index in [1.165, 1.54) is 5.01 Å². The summed E-state index contributed by atoms with van der Waals surface area (Å²) >= 11 is 0. The number of hydrogen-bond acceptors (Lipinski definition) is 6. The van der Waals surface area contributed by atoms with Crippen LogP contribution in [0.1, 0.15) is 42.1 Å². The van der Waals surface area contributed by atoms with Crippen molar-refractivity contribution in [3.05, 3.63) is 41.5 Å². The molecule has 8 nitrogen and oxygen atoms in total. The van der Waals surface area contributed by atoms with Crippen molar-refractivity contribution in [2.24, 2.45) is 0 Å². The third kappa shape index (κ3) is 3.03. The summed E-state index contributed by atoms with van der Waals surface area (Å²) in [6.07, 6.45) is 1.10. The molecule has 0 aliphatic carbocycles. The molecule has 1 aromatic carbocycles. The predicted molar refractivity (Wildman–Crippen MR) is 97.2 cm³/mol. The fraction of sp³-hybridized carbons (Fsp3) is 0.316. The van der Waals surface area contributed by atoms with E-state index in [1.54, 1.807) is 12.1 Å². The standard InChI is InChI=1S/C19H19N5O3/c1-2-20-16-9-8-15(21-22-16)12-6-7-14-13(10-12)11-23(19(14)27)24-17(25)4-3-5-18(24)26/h6-10H,2-5,11H2,1H3,(H,20,22). The molecular weight excluding hydrogens is 346 g/mol. The number of nitrogens with one attached hydrogen (secondary N) is 1. The Kier molecular flexibility index (Phi) is 4.31. The highest BCUT2D eigenvalue weighted by atomic mass is 16.2. The van der Waals surface area contributed by atoms with Crippen molar-refractivity contribution in [2.75, 3.05) is 11.9 Å². The molecule has 27 heavy (non-hydrogen) atoms. The quantitative estimate of drug-likeness (QED) is 0.833. The first kappa shape index (κ1) is 17.1. The Labute approximate surface area is 156 Å². The Morgan fingerprint density at radius 2 is 1.81 bits per heavy atom. The molecule has 138 valence electrons. The van der Waals surface area contributed by atoms with Crippen molar-refractivity contribution in [1.29, 1.82) is 0 Å². The van der Waals surface area contributed by atoms with E-state index in [2.05, 4.69) is 15.5 Å². The minimum absolute atomic E-state index is 0.197. The molecule has 0 spiro atoms. The minimum Gasteiger partial charge on any atom is -0.369 e. The van der Waals surface area contributed by atoms with Crippen molar-refractivity contribution in [3.8, 4) is 11.3 Å². The molecule has 8 heteroatoms. The highest BCUT2D eigenvalue weighted by Gasteiger charge is 2.39. The second-order valence-electron chi connectivity index (χ2n) is 6.52. The second kappa shape index (κ2) is 6.79. The zero-order valence-electron chi connectivity index (χ0n) is 14.9. The number of carbonyl (C=O) groups is 3. The second-order valence-corrected chi connectivity index (χ2v) is 6.52. The average Bonchev–Trinajstić information content (AvgIpc) is 2.98. The lowest BCUT2D eigenvalue weighted by molar-refractivity contribution is -0.163. The SMILES string of the molecule is CCNc1ccc(-c2ccc3c(c2)CN(N2C(=O)CCCC2=O)C3=O)nn1. The minimum atomic E-state index is -0.325. The van der Waals surface area contributed by atoms with E-state index in [-0.39, 0.29) is 37.1 Å². The van der Waals surface area contributed by atoms with Gasteiger partial charge in [0.05, 0.1) is 12.2 Å². The van der Waals surface area contributed by atoms with E-state index in [0.29, 0.717) is 23.5 Å². The normalized spacial score (nSPS) is 16.7. The number of fused-ring (bicyclic) bond motifs is 1. The van der Waals surface area contributed by atoms with Gasteiger partial charge in [0.15, 0.2) is 0 Å². The van der Waals surface area contributed by atoms with Gasteiger partial charge >= 0.3 is 0 Å². The van der Waals surface area contributed by atoms with Crippen LogP contribution in [0.15, 0.2) is 30.3 Å². The van der Waals surface area contributed by atoms with Crippen molar-refractivity contribution in [2.45, 2.75) is 32.7 Å². The maximum absolute atomic E-state index is 12.7. The highest BCUT2D eigenvalue weighted by Crippen LogP contribution is 2.30. The Balaban J connectivity index is 1.60. The number of amides is 3. The number of hydrogen-bond donors (Lipinski definition) is 1. The number of aromatic nitrogens is 2. The smallest absolute Gasteiger partial charge is 0.273 e. The first-order valence-electron chi connectivity index (χ1n) is 8.97. The molecule has 0 unspecified atom stereocenters. The summed E-state index contributed by atoms with van der Waals surface area (Å²) in [4.78, 5) is 37.0. The van der Waals surface area contributed by atoms with Crippen LogP contribution >= 0.6 is 0 Å². The summed E-state index contributed by atoms with van der Waals surface area (Å²) in [5.41, 5.74) is 2.79. The summed E-state index contributed by atoms with van der Waals surface area (Å²) in [6.45, 7) is 2.94. The van der Waals surface area contributed by atoms with Gasteiger partial charge in [-0.1, -0.05) is 6.07 Å². The van der Waals surface area contributed by atoms with Gasteiger partial charge in [0, 0.05) is 30.5 Å². The van der Waals surface area contributed by atoms with Gasteiger partial charge in [0.1, 0.15) is 5.82 Å². The summed E-state index contributed by atoms with van der Waals surface area (Å²) in [5.74, 6) is -0.269. The van der Waals surface area contributed by atoms with E-state index in [1.807, 2.05) is 25.1 Å².